The Bertz CT molecular complexity index is 489. The first-order chi connectivity index (χ1) is 9.14. The molecule has 0 aromatic heterocycles. The molecule has 1 aromatic carbocycles. The van der Waals surface area contributed by atoms with Crippen LogP contribution in [0.25, 0.3) is 0 Å². The minimum absolute atomic E-state index is 0.373. The number of hydrogen-bond acceptors (Lipinski definition) is 3. The van der Waals surface area contributed by atoms with Gasteiger partial charge >= 0.3 is 7.12 Å². The average molecular weight is 312 g/mol. The third-order valence-electron chi connectivity index (χ3n) is 3.81. The number of benzene rings is 1. The smallest absolute Gasteiger partial charge is 0.496 e. The van der Waals surface area contributed by atoms with E-state index in [9.17, 15) is 0 Å². The molecule has 3 nitrogen and oxygen atoms in total. The molecule has 1 aliphatic rings. The van der Waals surface area contributed by atoms with E-state index in [1.54, 1.807) is 0 Å². The highest BCUT2D eigenvalue weighted by Gasteiger charge is 2.52. The topological polar surface area (TPSA) is 27.7 Å². The molecule has 1 heterocycles. The second-order valence-electron chi connectivity index (χ2n) is 6.26. The van der Waals surface area contributed by atoms with Gasteiger partial charge in [-0.15, -0.1) is 0 Å². The van der Waals surface area contributed by atoms with Gasteiger partial charge in [0.25, 0.3) is 9.04 Å². The fourth-order valence-electron chi connectivity index (χ4n) is 1.98. The van der Waals surface area contributed by atoms with Crippen LogP contribution in [0.1, 0.15) is 27.7 Å². The Balaban J connectivity index is 2.31. The number of halogens is 1. The standard InChI is InChI=1S/C14H21BClO3Si/c1-13(2)14(3,4)19-15(18-13)10-8-7-9-11(12(10)16)17-20(5)6/h7-9H,1-6H3. The van der Waals surface area contributed by atoms with Crippen molar-refractivity contribution in [1.29, 1.82) is 0 Å². The Morgan fingerprint density at radius 1 is 1.10 bits per heavy atom. The Morgan fingerprint density at radius 2 is 1.65 bits per heavy atom. The summed E-state index contributed by atoms with van der Waals surface area (Å²) in [6.07, 6.45) is 0. The van der Waals surface area contributed by atoms with Crippen molar-refractivity contribution >= 4 is 33.2 Å². The zero-order chi connectivity index (χ0) is 15.1. The van der Waals surface area contributed by atoms with Crippen molar-refractivity contribution in [2.45, 2.75) is 52.0 Å². The van der Waals surface area contributed by atoms with Gasteiger partial charge in [0.15, 0.2) is 0 Å². The highest BCUT2D eigenvalue weighted by molar-refractivity contribution is 6.66. The maximum atomic E-state index is 6.45. The molecule has 0 unspecified atom stereocenters. The van der Waals surface area contributed by atoms with E-state index in [0.717, 1.165) is 5.46 Å². The molecule has 0 atom stereocenters. The van der Waals surface area contributed by atoms with Crippen molar-refractivity contribution in [3.05, 3.63) is 23.2 Å². The summed E-state index contributed by atoms with van der Waals surface area (Å²) in [5, 5.41) is 0.581. The molecule has 1 radical (unpaired) electrons. The summed E-state index contributed by atoms with van der Waals surface area (Å²) in [5.74, 6) is 0.706. The molecule has 0 bridgehead atoms. The van der Waals surface area contributed by atoms with Gasteiger partial charge < -0.3 is 13.7 Å². The highest BCUT2D eigenvalue weighted by atomic mass is 35.5. The van der Waals surface area contributed by atoms with Gasteiger partial charge in [-0.3, -0.25) is 0 Å². The van der Waals surface area contributed by atoms with Crippen molar-refractivity contribution in [1.82, 2.24) is 0 Å². The highest BCUT2D eigenvalue weighted by Crippen LogP contribution is 2.37. The summed E-state index contributed by atoms with van der Waals surface area (Å²) in [6, 6.07) is 5.73. The van der Waals surface area contributed by atoms with Crippen LogP contribution in [0.15, 0.2) is 18.2 Å². The van der Waals surface area contributed by atoms with Crippen LogP contribution in [-0.2, 0) is 9.31 Å². The van der Waals surface area contributed by atoms with E-state index < -0.39 is 16.2 Å². The summed E-state index contributed by atoms with van der Waals surface area (Å²) in [5.41, 5.74) is 0.0797. The molecule has 1 fully saturated rings. The Morgan fingerprint density at radius 3 is 2.15 bits per heavy atom. The molecule has 0 spiro atoms. The summed E-state index contributed by atoms with van der Waals surface area (Å²) >= 11 is 6.45. The van der Waals surface area contributed by atoms with Crippen LogP contribution >= 0.6 is 11.6 Å². The maximum Gasteiger partial charge on any atom is 0.496 e. The van der Waals surface area contributed by atoms with Gasteiger partial charge in [-0.1, -0.05) is 23.7 Å². The number of rotatable bonds is 3. The molecule has 1 aliphatic heterocycles. The van der Waals surface area contributed by atoms with E-state index in [0.29, 0.717) is 10.8 Å². The van der Waals surface area contributed by atoms with Gasteiger partial charge in [0, 0.05) is 5.46 Å². The summed E-state index contributed by atoms with van der Waals surface area (Å²) in [7, 11) is -1.32. The summed E-state index contributed by atoms with van der Waals surface area (Å²) in [6.45, 7) is 12.3. The molecule has 0 saturated carbocycles. The predicted molar refractivity (Wildman–Crippen MR) is 85.3 cm³/mol. The van der Waals surface area contributed by atoms with E-state index in [2.05, 4.69) is 13.1 Å². The quantitative estimate of drug-likeness (QED) is 0.802. The normalized spacial score (nSPS) is 20.5. The molecule has 0 amide bonds. The van der Waals surface area contributed by atoms with E-state index in [-0.39, 0.29) is 11.2 Å². The molecular formula is C14H21BClO3Si. The molecule has 20 heavy (non-hydrogen) atoms. The Hall–Kier alpha value is -0.488. The monoisotopic (exact) mass is 311 g/mol. The largest absolute Gasteiger partial charge is 0.542 e. The van der Waals surface area contributed by atoms with E-state index >= 15 is 0 Å². The first kappa shape index (κ1) is 15.9. The molecule has 109 valence electrons. The molecule has 6 heteroatoms. The Kier molecular flexibility index (Phi) is 4.27. The van der Waals surface area contributed by atoms with Crippen molar-refractivity contribution in [2.75, 3.05) is 0 Å². The summed E-state index contributed by atoms with van der Waals surface area (Å²) < 4.78 is 17.9. The lowest BCUT2D eigenvalue weighted by atomic mass is 9.79. The predicted octanol–water partition coefficient (Wildman–Crippen LogP) is 3.27. The fourth-order valence-corrected chi connectivity index (χ4v) is 2.91. The molecule has 1 saturated heterocycles. The minimum Gasteiger partial charge on any atom is -0.542 e. The van der Waals surface area contributed by atoms with Crippen LogP contribution in [0.3, 0.4) is 0 Å². The van der Waals surface area contributed by atoms with Crippen LogP contribution in [0.2, 0.25) is 18.1 Å². The Labute approximate surface area is 128 Å². The van der Waals surface area contributed by atoms with E-state index in [1.165, 1.54) is 0 Å². The fraction of sp³-hybridized carbons (Fsp3) is 0.571. The van der Waals surface area contributed by atoms with Crippen LogP contribution < -0.4 is 9.89 Å². The van der Waals surface area contributed by atoms with Gasteiger partial charge in [-0.25, -0.2) is 0 Å². The van der Waals surface area contributed by atoms with Gasteiger partial charge in [0.05, 0.1) is 16.2 Å². The average Bonchev–Trinajstić information content (AvgIpc) is 2.50. The van der Waals surface area contributed by atoms with E-state index in [1.807, 2.05) is 45.9 Å². The maximum absolute atomic E-state index is 6.45. The lowest BCUT2D eigenvalue weighted by molar-refractivity contribution is 0.00578. The number of hydrogen-bond donors (Lipinski definition) is 0. The third-order valence-corrected chi connectivity index (χ3v) is 4.85. The van der Waals surface area contributed by atoms with Gasteiger partial charge in [-0.2, -0.15) is 0 Å². The molecule has 0 aliphatic carbocycles. The second kappa shape index (κ2) is 5.37. The molecule has 2 rings (SSSR count). The van der Waals surface area contributed by atoms with Crippen molar-refractivity contribution in [2.24, 2.45) is 0 Å². The van der Waals surface area contributed by atoms with Crippen molar-refractivity contribution < 1.29 is 13.7 Å². The van der Waals surface area contributed by atoms with Crippen LogP contribution in [0, 0.1) is 0 Å². The van der Waals surface area contributed by atoms with Crippen LogP contribution in [0.4, 0.5) is 0 Å². The zero-order valence-corrected chi connectivity index (χ0v) is 14.7. The van der Waals surface area contributed by atoms with Crippen LogP contribution in [0.5, 0.6) is 5.75 Å². The SMILES string of the molecule is C[Si](C)Oc1cccc(B2OC(C)(C)C(C)(C)O2)c1Cl. The lowest BCUT2D eigenvalue weighted by Crippen LogP contribution is -2.41. The van der Waals surface area contributed by atoms with Crippen molar-refractivity contribution in [3.8, 4) is 5.75 Å². The van der Waals surface area contributed by atoms with Gasteiger partial charge in [0.1, 0.15) is 5.75 Å². The first-order valence-corrected chi connectivity index (χ1v) is 9.55. The van der Waals surface area contributed by atoms with E-state index in [4.69, 9.17) is 25.3 Å². The molecule has 0 N–H and O–H groups in total. The zero-order valence-electron chi connectivity index (χ0n) is 12.9. The second-order valence-corrected chi connectivity index (χ2v) is 8.66. The first-order valence-electron chi connectivity index (χ1n) is 6.76. The van der Waals surface area contributed by atoms with Gasteiger partial charge in [-0.05, 0) is 46.9 Å². The summed E-state index contributed by atoms with van der Waals surface area (Å²) in [4.78, 5) is 0. The van der Waals surface area contributed by atoms with Crippen molar-refractivity contribution in [3.63, 3.8) is 0 Å². The van der Waals surface area contributed by atoms with Crippen LogP contribution in [-0.4, -0.2) is 27.4 Å². The van der Waals surface area contributed by atoms with Gasteiger partial charge in [0.2, 0.25) is 0 Å². The molecule has 1 aromatic rings. The third kappa shape index (κ3) is 2.91. The molecular weight excluding hydrogens is 291 g/mol. The lowest BCUT2D eigenvalue weighted by Gasteiger charge is -2.32. The minimum atomic E-state index is -0.860.